The maximum atomic E-state index is 12.4. The Kier molecular flexibility index (Phi) is 5.21. The van der Waals surface area contributed by atoms with Crippen LogP contribution in [0.15, 0.2) is 40.7 Å². The maximum Gasteiger partial charge on any atom is 0.190 e. The molecule has 0 amide bonds. The number of methoxy groups -OCH3 is 1. The quantitative estimate of drug-likeness (QED) is 0.869. The molecule has 0 unspecified atom stereocenters. The standard InChI is InChI=1S/C18H22N2O2S/c1-10(2)14(19)9-23-12(4)15-8-16(21)13-6-7-17(22-5)11(3)18(13)20-15/h6-10H,4,19H2,1-3,5H3,(H,20,21)/b14-9-. The molecule has 1 aromatic heterocycles. The second-order valence-electron chi connectivity index (χ2n) is 5.68. The van der Waals surface area contributed by atoms with Gasteiger partial charge in [-0.15, -0.1) is 0 Å². The predicted octanol–water partition coefficient (Wildman–Crippen LogP) is 4.01. The highest BCUT2D eigenvalue weighted by atomic mass is 32.2. The molecule has 23 heavy (non-hydrogen) atoms. The number of allylic oxidation sites excluding steroid dienone is 1. The maximum absolute atomic E-state index is 12.4. The number of hydrogen-bond acceptors (Lipinski definition) is 4. The van der Waals surface area contributed by atoms with Crippen LogP contribution in [0.25, 0.3) is 15.8 Å². The fourth-order valence-electron chi connectivity index (χ4n) is 2.15. The Morgan fingerprint density at radius 1 is 1.43 bits per heavy atom. The van der Waals surface area contributed by atoms with Crippen LogP contribution in [0.3, 0.4) is 0 Å². The van der Waals surface area contributed by atoms with E-state index < -0.39 is 0 Å². The normalized spacial score (nSPS) is 12.0. The molecule has 1 aromatic carbocycles. The Morgan fingerprint density at radius 3 is 2.74 bits per heavy atom. The van der Waals surface area contributed by atoms with Crippen molar-refractivity contribution in [1.29, 1.82) is 0 Å². The van der Waals surface area contributed by atoms with Gasteiger partial charge in [0, 0.05) is 27.6 Å². The third-order valence-electron chi connectivity index (χ3n) is 3.74. The third-order valence-corrected chi connectivity index (χ3v) is 4.63. The van der Waals surface area contributed by atoms with Crippen molar-refractivity contribution in [3.8, 4) is 5.75 Å². The first-order valence-electron chi connectivity index (χ1n) is 7.37. The SMILES string of the molecule is C=C(S/C=C(\N)C(C)C)c1cc(=O)c2ccc(OC)c(C)c2[nH]1. The first kappa shape index (κ1) is 17.2. The van der Waals surface area contributed by atoms with Gasteiger partial charge in [0.05, 0.1) is 18.3 Å². The lowest BCUT2D eigenvalue weighted by Crippen LogP contribution is -2.06. The molecule has 0 radical (unpaired) electrons. The smallest absolute Gasteiger partial charge is 0.190 e. The number of fused-ring (bicyclic) bond motifs is 1. The highest BCUT2D eigenvalue weighted by Crippen LogP contribution is 2.29. The van der Waals surface area contributed by atoms with Gasteiger partial charge in [-0.25, -0.2) is 0 Å². The summed E-state index contributed by atoms with van der Waals surface area (Å²) in [4.78, 5) is 16.4. The largest absolute Gasteiger partial charge is 0.496 e. The van der Waals surface area contributed by atoms with Crippen LogP contribution in [0.5, 0.6) is 5.75 Å². The summed E-state index contributed by atoms with van der Waals surface area (Å²) in [6.07, 6.45) is 0. The molecule has 3 N–H and O–H groups in total. The van der Waals surface area contributed by atoms with E-state index in [-0.39, 0.29) is 11.3 Å². The van der Waals surface area contributed by atoms with Crippen molar-refractivity contribution in [2.75, 3.05) is 7.11 Å². The van der Waals surface area contributed by atoms with Gasteiger partial charge in [0.15, 0.2) is 5.43 Å². The number of nitrogens with two attached hydrogens (primary N) is 1. The van der Waals surface area contributed by atoms with Crippen molar-refractivity contribution in [1.82, 2.24) is 4.98 Å². The molecule has 2 rings (SSSR count). The van der Waals surface area contributed by atoms with E-state index in [1.807, 2.05) is 32.2 Å². The van der Waals surface area contributed by atoms with E-state index in [1.165, 1.54) is 11.8 Å². The minimum absolute atomic E-state index is 0.0398. The summed E-state index contributed by atoms with van der Waals surface area (Å²) in [7, 11) is 1.62. The van der Waals surface area contributed by atoms with Crippen LogP contribution in [-0.4, -0.2) is 12.1 Å². The molecule has 5 heteroatoms. The van der Waals surface area contributed by atoms with Crippen molar-refractivity contribution >= 4 is 27.6 Å². The molecule has 1 heterocycles. The topological polar surface area (TPSA) is 68.1 Å². The van der Waals surface area contributed by atoms with Gasteiger partial charge in [0.1, 0.15) is 5.75 Å². The van der Waals surface area contributed by atoms with Crippen LogP contribution in [0.1, 0.15) is 25.1 Å². The van der Waals surface area contributed by atoms with Crippen molar-refractivity contribution < 1.29 is 4.74 Å². The molecule has 0 bridgehead atoms. The van der Waals surface area contributed by atoms with Gasteiger partial charge in [-0.2, -0.15) is 0 Å². The summed E-state index contributed by atoms with van der Waals surface area (Å²) in [5.41, 5.74) is 9.05. The van der Waals surface area contributed by atoms with Crippen LogP contribution in [0.4, 0.5) is 0 Å². The summed E-state index contributed by atoms with van der Waals surface area (Å²) < 4.78 is 5.32. The fraction of sp³-hybridized carbons (Fsp3) is 0.278. The van der Waals surface area contributed by atoms with Crippen LogP contribution in [-0.2, 0) is 0 Å². The van der Waals surface area contributed by atoms with Gasteiger partial charge in [0.2, 0.25) is 0 Å². The number of nitrogens with one attached hydrogen (secondary N) is 1. The van der Waals surface area contributed by atoms with Crippen molar-refractivity contribution in [3.63, 3.8) is 0 Å². The van der Waals surface area contributed by atoms with E-state index in [4.69, 9.17) is 10.5 Å². The lowest BCUT2D eigenvalue weighted by Gasteiger charge is -2.11. The molecular weight excluding hydrogens is 308 g/mol. The fourth-order valence-corrected chi connectivity index (χ4v) is 2.94. The number of aromatic amines is 1. The average molecular weight is 330 g/mol. The number of pyridine rings is 1. The van der Waals surface area contributed by atoms with Crippen molar-refractivity contribution in [2.45, 2.75) is 20.8 Å². The Morgan fingerprint density at radius 2 is 2.13 bits per heavy atom. The number of aryl methyl sites for hydroxylation is 1. The van der Waals surface area contributed by atoms with Gasteiger partial charge in [-0.1, -0.05) is 32.2 Å². The zero-order chi connectivity index (χ0) is 17.1. The van der Waals surface area contributed by atoms with Gasteiger partial charge >= 0.3 is 0 Å². The summed E-state index contributed by atoms with van der Waals surface area (Å²) >= 11 is 1.42. The third kappa shape index (κ3) is 3.62. The van der Waals surface area contributed by atoms with Gasteiger partial charge < -0.3 is 15.5 Å². The highest BCUT2D eigenvalue weighted by molar-refractivity contribution is 8.10. The van der Waals surface area contributed by atoms with Gasteiger partial charge in [-0.05, 0) is 30.4 Å². The second kappa shape index (κ2) is 6.96. The number of rotatable bonds is 5. The Balaban J connectivity index is 2.46. The van der Waals surface area contributed by atoms with Gasteiger partial charge in [-0.3, -0.25) is 4.79 Å². The number of thioether (sulfide) groups is 1. The first-order valence-corrected chi connectivity index (χ1v) is 8.25. The van der Waals surface area contributed by atoms with Crippen molar-refractivity contribution in [3.05, 3.63) is 57.4 Å². The van der Waals surface area contributed by atoms with Gasteiger partial charge in [0.25, 0.3) is 0 Å². The number of aromatic nitrogens is 1. The molecule has 0 spiro atoms. The summed E-state index contributed by atoms with van der Waals surface area (Å²) in [6, 6.07) is 5.15. The highest BCUT2D eigenvalue weighted by Gasteiger charge is 2.10. The Bertz CT molecular complexity index is 835. The first-order chi connectivity index (χ1) is 10.8. The average Bonchev–Trinajstić information content (AvgIpc) is 2.52. The molecule has 0 saturated carbocycles. The molecule has 4 nitrogen and oxygen atoms in total. The number of H-pyrrole nitrogens is 1. The lowest BCUT2D eigenvalue weighted by atomic mass is 10.1. The molecular formula is C18H22N2O2S. The molecule has 122 valence electrons. The van der Waals surface area contributed by atoms with E-state index in [1.54, 1.807) is 19.2 Å². The molecule has 2 aromatic rings. The van der Waals surface area contributed by atoms with E-state index in [9.17, 15) is 4.79 Å². The minimum Gasteiger partial charge on any atom is -0.496 e. The zero-order valence-electron chi connectivity index (χ0n) is 13.9. The van der Waals surface area contributed by atoms with Crippen molar-refractivity contribution in [2.24, 2.45) is 11.7 Å². The molecule has 0 fully saturated rings. The van der Waals surface area contributed by atoms with E-state index in [0.29, 0.717) is 11.1 Å². The van der Waals surface area contributed by atoms with Crippen LogP contribution < -0.4 is 15.9 Å². The number of hydrogen-bond donors (Lipinski definition) is 2. The summed E-state index contributed by atoms with van der Waals surface area (Å²) in [5.74, 6) is 1.02. The minimum atomic E-state index is -0.0398. The van der Waals surface area contributed by atoms with E-state index in [2.05, 4.69) is 11.6 Å². The Labute approximate surface area is 140 Å². The molecule has 0 aliphatic carbocycles. The van der Waals surface area contributed by atoms with Crippen LogP contribution in [0, 0.1) is 12.8 Å². The lowest BCUT2D eigenvalue weighted by molar-refractivity contribution is 0.412. The van der Waals surface area contributed by atoms with E-state index in [0.717, 1.165) is 27.4 Å². The predicted molar refractivity (Wildman–Crippen MR) is 99.6 cm³/mol. The molecule has 0 aliphatic rings. The molecule has 0 atom stereocenters. The monoisotopic (exact) mass is 330 g/mol. The summed E-state index contributed by atoms with van der Waals surface area (Å²) in [6.45, 7) is 10.0. The molecule has 0 saturated heterocycles. The zero-order valence-corrected chi connectivity index (χ0v) is 14.7. The molecule has 0 aliphatic heterocycles. The number of benzene rings is 1. The Hall–Kier alpha value is -2.14. The van der Waals surface area contributed by atoms with Crippen LogP contribution in [0.2, 0.25) is 0 Å². The summed E-state index contributed by atoms with van der Waals surface area (Å²) in [5, 5.41) is 2.51. The van der Waals surface area contributed by atoms with E-state index >= 15 is 0 Å². The number of ether oxygens (including phenoxy) is 1. The second-order valence-corrected chi connectivity index (χ2v) is 6.64. The van der Waals surface area contributed by atoms with Crippen LogP contribution >= 0.6 is 11.8 Å².